The first-order chi connectivity index (χ1) is 13.7. The van der Waals surface area contributed by atoms with E-state index in [1.54, 1.807) is 0 Å². The normalized spacial score (nSPS) is 11.9. The second-order valence-corrected chi connectivity index (χ2v) is 7.44. The molecule has 0 saturated heterocycles. The molecule has 0 saturated carbocycles. The van der Waals surface area contributed by atoms with Gasteiger partial charge in [-0.1, -0.05) is 13.8 Å². The molecule has 4 aromatic rings. The zero-order chi connectivity index (χ0) is 19.7. The van der Waals surface area contributed by atoms with Gasteiger partial charge in [0.15, 0.2) is 0 Å². The van der Waals surface area contributed by atoms with Crippen LogP contribution in [0.1, 0.15) is 31.4 Å². The third kappa shape index (κ3) is 3.10. The van der Waals surface area contributed by atoms with Gasteiger partial charge in [-0.3, -0.25) is 4.98 Å². The van der Waals surface area contributed by atoms with Crippen molar-refractivity contribution in [3.8, 4) is 0 Å². The van der Waals surface area contributed by atoms with Crippen molar-refractivity contribution >= 4 is 38.4 Å². The lowest BCUT2D eigenvalue weighted by molar-refractivity contribution is 0.303. The molecule has 0 aliphatic rings. The molecule has 0 aliphatic carbocycles. The summed E-state index contributed by atoms with van der Waals surface area (Å²) in [6.45, 7) is 13.1. The number of fused-ring (bicyclic) bond motifs is 4. The minimum atomic E-state index is 0.925. The summed E-state index contributed by atoms with van der Waals surface area (Å²) < 4.78 is 0. The summed E-state index contributed by atoms with van der Waals surface area (Å²) in [5.74, 6) is 0.984. The number of H-pyrrole nitrogens is 1. The molecule has 5 heteroatoms. The van der Waals surface area contributed by atoms with E-state index in [-0.39, 0.29) is 0 Å². The molecule has 3 aromatic heterocycles. The van der Waals surface area contributed by atoms with E-state index in [1.165, 1.54) is 38.2 Å². The highest BCUT2D eigenvalue weighted by Crippen LogP contribution is 2.38. The van der Waals surface area contributed by atoms with E-state index in [4.69, 9.17) is 0 Å². The van der Waals surface area contributed by atoms with Gasteiger partial charge in [-0.15, -0.1) is 0 Å². The zero-order valence-electron chi connectivity index (χ0n) is 17.3. The average molecular weight is 376 g/mol. The van der Waals surface area contributed by atoms with Gasteiger partial charge >= 0.3 is 0 Å². The van der Waals surface area contributed by atoms with Crippen LogP contribution in [0.4, 0.5) is 5.82 Å². The van der Waals surface area contributed by atoms with Gasteiger partial charge in [0.25, 0.3) is 0 Å². The van der Waals surface area contributed by atoms with Crippen molar-refractivity contribution in [1.29, 1.82) is 0 Å². The third-order valence-electron chi connectivity index (χ3n) is 5.92. The molecule has 2 N–H and O–H groups in total. The monoisotopic (exact) mass is 375 g/mol. The van der Waals surface area contributed by atoms with E-state index in [9.17, 15) is 0 Å². The van der Waals surface area contributed by atoms with Crippen LogP contribution in [-0.4, -0.2) is 46.0 Å². The minimum Gasteiger partial charge on any atom is -0.370 e. The molecule has 4 rings (SSSR count). The molecule has 0 spiro atoms. The number of hydrogen-bond acceptors (Lipinski definition) is 4. The summed E-state index contributed by atoms with van der Waals surface area (Å²) in [5, 5.41) is 8.51. The number of anilines is 1. The highest BCUT2D eigenvalue weighted by molar-refractivity contribution is 6.17. The van der Waals surface area contributed by atoms with Crippen LogP contribution in [0.25, 0.3) is 32.6 Å². The predicted octanol–water partition coefficient (Wildman–Crippen LogP) is 5.02. The van der Waals surface area contributed by atoms with Crippen LogP contribution in [0.15, 0.2) is 30.7 Å². The number of aryl methyl sites for hydroxylation is 2. The molecule has 0 aliphatic heterocycles. The number of aromatic amines is 1. The average Bonchev–Trinajstić information content (AvgIpc) is 3.12. The number of benzene rings is 1. The highest BCUT2D eigenvalue weighted by Gasteiger charge is 2.16. The number of rotatable bonds is 7. The number of pyridine rings is 2. The van der Waals surface area contributed by atoms with Gasteiger partial charge in [0.1, 0.15) is 5.82 Å². The van der Waals surface area contributed by atoms with Crippen molar-refractivity contribution in [2.75, 3.05) is 31.5 Å². The van der Waals surface area contributed by atoms with Crippen LogP contribution in [0.2, 0.25) is 0 Å². The molecule has 0 atom stereocenters. The summed E-state index contributed by atoms with van der Waals surface area (Å²) in [7, 11) is 0. The predicted molar refractivity (Wildman–Crippen MR) is 119 cm³/mol. The fourth-order valence-electron chi connectivity index (χ4n) is 4.30. The van der Waals surface area contributed by atoms with Crippen molar-refractivity contribution in [3.63, 3.8) is 0 Å². The lowest BCUT2D eigenvalue weighted by Crippen LogP contribution is -2.25. The van der Waals surface area contributed by atoms with Crippen LogP contribution >= 0.6 is 0 Å². The van der Waals surface area contributed by atoms with Crippen LogP contribution in [0.3, 0.4) is 0 Å². The summed E-state index contributed by atoms with van der Waals surface area (Å²) in [6, 6.07) is 4.17. The van der Waals surface area contributed by atoms with E-state index in [0.29, 0.717) is 0 Å². The molecular formula is C23H29N5. The van der Waals surface area contributed by atoms with Crippen LogP contribution in [0.5, 0.6) is 0 Å². The Hall–Kier alpha value is -2.66. The maximum absolute atomic E-state index is 4.69. The van der Waals surface area contributed by atoms with E-state index < -0.39 is 0 Å². The standard InChI is InChI=1S/C23H29N5/c1-5-28(6-2)13-7-10-25-23-21-16(4)20-18-14-24-11-9-19(18)27-22(20)15(3)17(21)8-12-26-23/h8-9,11-12,14,27H,5-7,10,13H2,1-4H3,(H,25,26). The van der Waals surface area contributed by atoms with Crippen LogP contribution in [-0.2, 0) is 0 Å². The lowest BCUT2D eigenvalue weighted by atomic mass is 9.96. The van der Waals surface area contributed by atoms with Crippen molar-refractivity contribution in [2.45, 2.75) is 34.1 Å². The zero-order valence-corrected chi connectivity index (χ0v) is 17.3. The number of nitrogens with zero attached hydrogens (tertiary/aromatic N) is 3. The van der Waals surface area contributed by atoms with Crippen molar-refractivity contribution in [2.24, 2.45) is 0 Å². The molecule has 146 valence electrons. The molecule has 0 fully saturated rings. The Balaban J connectivity index is 1.76. The topological polar surface area (TPSA) is 56.8 Å². The molecule has 0 unspecified atom stereocenters. The first-order valence-electron chi connectivity index (χ1n) is 10.2. The van der Waals surface area contributed by atoms with Gasteiger partial charge in [0.2, 0.25) is 0 Å². The molecule has 5 nitrogen and oxygen atoms in total. The quantitative estimate of drug-likeness (QED) is 0.445. The Labute approximate surface area is 166 Å². The smallest absolute Gasteiger partial charge is 0.134 e. The van der Waals surface area contributed by atoms with E-state index in [0.717, 1.165) is 43.9 Å². The maximum atomic E-state index is 4.69. The Morgan fingerprint density at radius 3 is 2.61 bits per heavy atom. The fourth-order valence-corrected chi connectivity index (χ4v) is 4.30. The molecule has 0 radical (unpaired) electrons. The molecule has 0 bridgehead atoms. The number of nitrogens with one attached hydrogen (secondary N) is 2. The largest absolute Gasteiger partial charge is 0.370 e. The Morgan fingerprint density at radius 2 is 1.82 bits per heavy atom. The van der Waals surface area contributed by atoms with E-state index >= 15 is 0 Å². The van der Waals surface area contributed by atoms with Crippen molar-refractivity contribution in [1.82, 2.24) is 19.9 Å². The summed E-state index contributed by atoms with van der Waals surface area (Å²) in [4.78, 5) is 15.1. The lowest BCUT2D eigenvalue weighted by Gasteiger charge is -2.18. The van der Waals surface area contributed by atoms with Gasteiger partial charge in [0, 0.05) is 46.8 Å². The first kappa shape index (κ1) is 18.7. The van der Waals surface area contributed by atoms with Crippen molar-refractivity contribution < 1.29 is 0 Å². The van der Waals surface area contributed by atoms with E-state index in [1.807, 2.05) is 24.7 Å². The Kier molecular flexibility index (Phi) is 5.18. The van der Waals surface area contributed by atoms with Gasteiger partial charge in [-0.05, 0) is 68.5 Å². The fraction of sp³-hybridized carbons (Fsp3) is 0.391. The molecule has 1 aromatic carbocycles. The van der Waals surface area contributed by atoms with Crippen molar-refractivity contribution in [3.05, 3.63) is 41.9 Å². The third-order valence-corrected chi connectivity index (χ3v) is 5.92. The maximum Gasteiger partial charge on any atom is 0.134 e. The Bertz CT molecular complexity index is 1120. The second-order valence-electron chi connectivity index (χ2n) is 7.44. The van der Waals surface area contributed by atoms with Gasteiger partial charge in [-0.25, -0.2) is 4.98 Å². The van der Waals surface area contributed by atoms with E-state index in [2.05, 4.69) is 58.9 Å². The second kappa shape index (κ2) is 7.76. The Morgan fingerprint density at radius 1 is 1.00 bits per heavy atom. The summed E-state index contributed by atoms with van der Waals surface area (Å²) in [6.07, 6.45) is 6.82. The molecule has 0 amide bonds. The number of hydrogen-bond donors (Lipinski definition) is 2. The molecular weight excluding hydrogens is 346 g/mol. The van der Waals surface area contributed by atoms with Crippen LogP contribution < -0.4 is 5.32 Å². The molecule has 3 heterocycles. The van der Waals surface area contributed by atoms with Gasteiger partial charge < -0.3 is 15.2 Å². The molecule has 28 heavy (non-hydrogen) atoms. The first-order valence-corrected chi connectivity index (χ1v) is 10.2. The van der Waals surface area contributed by atoms with Gasteiger partial charge in [-0.2, -0.15) is 0 Å². The minimum absolute atomic E-state index is 0.925. The number of aromatic nitrogens is 3. The van der Waals surface area contributed by atoms with Crippen LogP contribution in [0, 0.1) is 13.8 Å². The highest BCUT2D eigenvalue weighted by atomic mass is 15.1. The summed E-state index contributed by atoms with van der Waals surface area (Å²) >= 11 is 0. The van der Waals surface area contributed by atoms with Gasteiger partial charge in [0.05, 0.1) is 5.52 Å². The summed E-state index contributed by atoms with van der Waals surface area (Å²) in [5.41, 5.74) is 4.86. The SMILES string of the molecule is CCN(CC)CCCNc1nccc2c(C)c3[nH]c4ccncc4c3c(C)c12.